The molecule has 0 radical (unpaired) electrons. The lowest BCUT2D eigenvalue weighted by atomic mass is 9.88. The summed E-state index contributed by atoms with van der Waals surface area (Å²) in [4.78, 5) is 12.5. The van der Waals surface area contributed by atoms with Crippen LogP contribution in [0.5, 0.6) is 0 Å². The summed E-state index contributed by atoms with van der Waals surface area (Å²) in [6, 6.07) is 27.0. The molecule has 1 amide bonds. The fourth-order valence-electron chi connectivity index (χ4n) is 3.12. The smallest absolute Gasteiger partial charge is 0.220 e. The van der Waals surface area contributed by atoms with Crippen LogP contribution in [0.3, 0.4) is 0 Å². The normalized spacial score (nSPS) is 10.8. The van der Waals surface area contributed by atoms with Crippen LogP contribution in [0, 0.1) is 5.82 Å². The molecule has 0 atom stereocenters. The first-order valence-corrected chi connectivity index (χ1v) is 10.6. The monoisotopic (exact) mass is 393 g/mol. The van der Waals surface area contributed by atoms with Gasteiger partial charge in [0.2, 0.25) is 5.91 Å². The van der Waals surface area contributed by atoms with Gasteiger partial charge in [-0.1, -0.05) is 78.9 Å². The van der Waals surface area contributed by atoms with E-state index in [1.807, 2.05) is 42.5 Å². The molecule has 2 nitrogen and oxygen atoms in total. The highest BCUT2D eigenvalue weighted by Gasteiger charge is 2.17. The second kappa shape index (κ2) is 10.7. The molecule has 144 valence electrons. The zero-order valence-electron chi connectivity index (χ0n) is 15.7. The Morgan fingerprint density at radius 3 is 2.04 bits per heavy atom. The molecular weight excluding hydrogens is 369 g/mol. The van der Waals surface area contributed by atoms with E-state index in [4.69, 9.17) is 0 Å². The number of amides is 1. The molecule has 4 heteroatoms. The summed E-state index contributed by atoms with van der Waals surface area (Å²) in [7, 11) is 0. The van der Waals surface area contributed by atoms with Gasteiger partial charge in [0, 0.05) is 30.4 Å². The summed E-state index contributed by atoms with van der Waals surface area (Å²) in [5, 5.41) is 3.00. The molecule has 0 bridgehead atoms. The van der Waals surface area contributed by atoms with Gasteiger partial charge in [-0.05, 0) is 22.8 Å². The molecular formula is C24H24FNOS. The minimum atomic E-state index is -0.174. The molecule has 1 N–H and O–H groups in total. The van der Waals surface area contributed by atoms with E-state index < -0.39 is 0 Å². The quantitative estimate of drug-likeness (QED) is 0.493. The Labute approximate surface area is 170 Å². The lowest BCUT2D eigenvalue weighted by Crippen LogP contribution is -2.27. The van der Waals surface area contributed by atoms with Gasteiger partial charge in [-0.25, -0.2) is 4.39 Å². The van der Waals surface area contributed by atoms with Crippen molar-refractivity contribution >= 4 is 17.7 Å². The standard InChI is InChI=1S/C24H24FNOS/c25-23-14-8-7-13-21(23)18-28-16-15-26-24(27)17-22(19-9-3-1-4-10-19)20-11-5-2-6-12-20/h1-14,22H,15-18H2,(H,26,27). The summed E-state index contributed by atoms with van der Waals surface area (Å²) in [6.07, 6.45) is 0.409. The Hall–Kier alpha value is -2.59. The second-order valence-corrected chi connectivity index (χ2v) is 7.68. The summed E-state index contributed by atoms with van der Waals surface area (Å²) >= 11 is 1.62. The average Bonchev–Trinajstić information content (AvgIpc) is 2.74. The van der Waals surface area contributed by atoms with Crippen LogP contribution in [-0.2, 0) is 10.5 Å². The number of carbonyl (C=O) groups excluding carboxylic acids is 1. The number of nitrogens with one attached hydrogen (secondary N) is 1. The van der Waals surface area contributed by atoms with Crippen molar-refractivity contribution in [2.24, 2.45) is 0 Å². The van der Waals surface area contributed by atoms with Crippen LogP contribution in [0.4, 0.5) is 4.39 Å². The molecule has 0 aliphatic carbocycles. The predicted molar refractivity (Wildman–Crippen MR) is 115 cm³/mol. The molecule has 0 aromatic heterocycles. The van der Waals surface area contributed by atoms with Gasteiger partial charge in [0.15, 0.2) is 0 Å². The lowest BCUT2D eigenvalue weighted by molar-refractivity contribution is -0.121. The maximum Gasteiger partial charge on any atom is 0.220 e. The van der Waals surface area contributed by atoms with Gasteiger partial charge >= 0.3 is 0 Å². The zero-order chi connectivity index (χ0) is 19.6. The highest BCUT2D eigenvalue weighted by Crippen LogP contribution is 2.27. The molecule has 0 aliphatic heterocycles. The Kier molecular flexibility index (Phi) is 7.68. The molecule has 0 heterocycles. The maximum atomic E-state index is 13.6. The Bertz CT molecular complexity index is 831. The van der Waals surface area contributed by atoms with Crippen LogP contribution in [-0.4, -0.2) is 18.2 Å². The predicted octanol–water partition coefficient (Wildman–Crippen LogP) is 5.40. The second-order valence-electron chi connectivity index (χ2n) is 6.57. The zero-order valence-corrected chi connectivity index (χ0v) is 16.5. The van der Waals surface area contributed by atoms with Gasteiger partial charge in [0.05, 0.1) is 0 Å². The van der Waals surface area contributed by atoms with Crippen LogP contribution >= 0.6 is 11.8 Å². The van der Waals surface area contributed by atoms with Crippen LogP contribution in [0.1, 0.15) is 29.0 Å². The van der Waals surface area contributed by atoms with Crippen molar-refractivity contribution in [3.8, 4) is 0 Å². The average molecular weight is 394 g/mol. The topological polar surface area (TPSA) is 29.1 Å². The third kappa shape index (κ3) is 5.96. The van der Waals surface area contributed by atoms with E-state index in [0.717, 1.165) is 16.9 Å². The fourth-order valence-corrected chi connectivity index (χ4v) is 3.96. The number of hydrogen-bond acceptors (Lipinski definition) is 2. The highest BCUT2D eigenvalue weighted by atomic mass is 32.2. The van der Waals surface area contributed by atoms with Gasteiger partial charge in [-0.2, -0.15) is 11.8 Å². The van der Waals surface area contributed by atoms with Crippen LogP contribution in [0.15, 0.2) is 84.9 Å². The van der Waals surface area contributed by atoms with Crippen LogP contribution in [0.2, 0.25) is 0 Å². The van der Waals surface area contributed by atoms with E-state index in [9.17, 15) is 9.18 Å². The van der Waals surface area contributed by atoms with E-state index in [1.54, 1.807) is 23.9 Å². The van der Waals surface area contributed by atoms with E-state index >= 15 is 0 Å². The summed E-state index contributed by atoms with van der Waals surface area (Å²) in [5.41, 5.74) is 2.97. The molecule has 0 aliphatic rings. The molecule has 0 fully saturated rings. The van der Waals surface area contributed by atoms with Gasteiger partial charge in [-0.15, -0.1) is 0 Å². The number of rotatable bonds is 9. The van der Waals surface area contributed by atoms with Crippen molar-refractivity contribution in [2.75, 3.05) is 12.3 Å². The number of hydrogen-bond donors (Lipinski definition) is 1. The summed E-state index contributed by atoms with van der Waals surface area (Å²) in [5.74, 6) is 1.26. The lowest BCUT2D eigenvalue weighted by Gasteiger charge is -2.18. The maximum absolute atomic E-state index is 13.6. The minimum absolute atomic E-state index is 0.0317. The van der Waals surface area contributed by atoms with E-state index in [-0.39, 0.29) is 17.6 Å². The molecule has 28 heavy (non-hydrogen) atoms. The Morgan fingerprint density at radius 2 is 1.43 bits per heavy atom. The largest absolute Gasteiger partial charge is 0.355 e. The molecule has 3 rings (SSSR count). The molecule has 3 aromatic carbocycles. The Balaban J connectivity index is 1.50. The number of thioether (sulfide) groups is 1. The first-order chi connectivity index (χ1) is 13.7. The van der Waals surface area contributed by atoms with Crippen molar-refractivity contribution in [3.63, 3.8) is 0 Å². The third-order valence-electron chi connectivity index (χ3n) is 4.58. The number of halogens is 1. The van der Waals surface area contributed by atoms with Crippen molar-refractivity contribution in [2.45, 2.75) is 18.1 Å². The number of carbonyl (C=O) groups is 1. The molecule has 0 saturated carbocycles. The fraction of sp³-hybridized carbons (Fsp3) is 0.208. The molecule has 0 spiro atoms. The first-order valence-electron chi connectivity index (χ1n) is 9.42. The summed E-state index contributed by atoms with van der Waals surface area (Å²) < 4.78 is 13.6. The third-order valence-corrected chi connectivity index (χ3v) is 5.59. The van der Waals surface area contributed by atoms with Gasteiger partial charge < -0.3 is 5.32 Å². The minimum Gasteiger partial charge on any atom is -0.355 e. The van der Waals surface area contributed by atoms with E-state index in [0.29, 0.717) is 24.3 Å². The van der Waals surface area contributed by atoms with Crippen molar-refractivity contribution < 1.29 is 9.18 Å². The van der Waals surface area contributed by atoms with Crippen molar-refractivity contribution in [3.05, 3.63) is 107 Å². The molecule has 3 aromatic rings. The van der Waals surface area contributed by atoms with Gasteiger partial charge in [0.1, 0.15) is 5.82 Å². The van der Waals surface area contributed by atoms with Crippen molar-refractivity contribution in [1.82, 2.24) is 5.32 Å². The van der Waals surface area contributed by atoms with Crippen molar-refractivity contribution in [1.29, 1.82) is 0 Å². The Morgan fingerprint density at radius 1 is 0.857 bits per heavy atom. The molecule has 0 unspecified atom stereocenters. The number of benzene rings is 3. The first kappa shape index (κ1) is 20.2. The summed E-state index contributed by atoms with van der Waals surface area (Å²) in [6.45, 7) is 0.578. The molecule has 0 saturated heterocycles. The van der Waals surface area contributed by atoms with Gasteiger partial charge in [0.25, 0.3) is 0 Å². The van der Waals surface area contributed by atoms with E-state index in [1.165, 1.54) is 6.07 Å². The van der Waals surface area contributed by atoms with Gasteiger partial charge in [-0.3, -0.25) is 4.79 Å². The van der Waals surface area contributed by atoms with Crippen LogP contribution < -0.4 is 5.32 Å². The van der Waals surface area contributed by atoms with E-state index in [2.05, 4.69) is 29.6 Å². The highest BCUT2D eigenvalue weighted by molar-refractivity contribution is 7.98. The van der Waals surface area contributed by atoms with Crippen LogP contribution in [0.25, 0.3) is 0 Å². The SMILES string of the molecule is O=C(CC(c1ccccc1)c1ccccc1)NCCSCc1ccccc1F.